The molecule has 42 heavy (non-hydrogen) atoms. The van der Waals surface area contributed by atoms with Crippen LogP contribution < -0.4 is 15.3 Å². The number of benzene rings is 1. The van der Waals surface area contributed by atoms with E-state index in [-0.39, 0.29) is 58.2 Å². The summed E-state index contributed by atoms with van der Waals surface area (Å²) in [6.45, 7) is 12.4. The van der Waals surface area contributed by atoms with Gasteiger partial charge in [0.15, 0.2) is 11.4 Å². The number of anilines is 1. The SMILES string of the molecule is C=CC(=O)N1C[C@@H]2COc3c(Cl)c(-c4ccccc4F)nc4c3c(nc(=O)n4-c3c(C)ccnc3C(C)C)N2[C@H](C)C1. The van der Waals surface area contributed by atoms with Gasteiger partial charge in [-0.2, -0.15) is 4.98 Å². The predicted molar refractivity (Wildman–Crippen MR) is 160 cm³/mol. The Morgan fingerprint density at radius 2 is 1.98 bits per heavy atom. The average Bonchev–Trinajstić information content (AvgIpc) is 3.12. The van der Waals surface area contributed by atoms with E-state index in [1.807, 2.05) is 38.7 Å². The van der Waals surface area contributed by atoms with Crippen LogP contribution in [0.1, 0.15) is 37.9 Å². The Kier molecular flexibility index (Phi) is 6.97. The van der Waals surface area contributed by atoms with Crippen molar-refractivity contribution in [2.24, 2.45) is 0 Å². The van der Waals surface area contributed by atoms with Crippen LogP contribution in [0.5, 0.6) is 5.75 Å². The molecular formula is C31H30ClFN6O3. The quantitative estimate of drug-likeness (QED) is 0.308. The Bertz CT molecular complexity index is 1820. The lowest BCUT2D eigenvalue weighted by molar-refractivity contribution is -0.127. The van der Waals surface area contributed by atoms with E-state index in [0.717, 1.165) is 5.56 Å². The van der Waals surface area contributed by atoms with Gasteiger partial charge in [0.25, 0.3) is 0 Å². The topological polar surface area (TPSA) is 93.5 Å². The highest BCUT2D eigenvalue weighted by Gasteiger charge is 2.40. The summed E-state index contributed by atoms with van der Waals surface area (Å²) in [7, 11) is 0. The molecule has 1 amide bonds. The Labute approximate surface area is 247 Å². The number of carbonyl (C=O) groups excluding carboxylic acids is 1. The number of aromatic nitrogens is 4. The van der Waals surface area contributed by atoms with Gasteiger partial charge in [0.1, 0.15) is 28.7 Å². The smallest absolute Gasteiger partial charge is 0.355 e. The van der Waals surface area contributed by atoms with Crippen LogP contribution in [0.3, 0.4) is 0 Å². The van der Waals surface area contributed by atoms with Gasteiger partial charge >= 0.3 is 5.69 Å². The number of ether oxygens (including phenoxy) is 1. The number of hydrogen-bond acceptors (Lipinski definition) is 7. The van der Waals surface area contributed by atoms with Crippen LogP contribution in [-0.4, -0.2) is 62.1 Å². The van der Waals surface area contributed by atoms with Crippen LogP contribution >= 0.6 is 11.6 Å². The molecule has 0 aliphatic carbocycles. The number of nitrogens with zero attached hydrogens (tertiary/aromatic N) is 6. The zero-order chi connectivity index (χ0) is 29.9. The third kappa shape index (κ3) is 4.32. The number of pyridine rings is 2. The van der Waals surface area contributed by atoms with E-state index in [9.17, 15) is 9.59 Å². The van der Waals surface area contributed by atoms with Gasteiger partial charge < -0.3 is 14.5 Å². The second-order valence-corrected chi connectivity index (χ2v) is 11.4. The predicted octanol–water partition coefficient (Wildman–Crippen LogP) is 5.05. The fourth-order valence-corrected chi connectivity index (χ4v) is 6.30. The fourth-order valence-electron chi connectivity index (χ4n) is 6.01. The van der Waals surface area contributed by atoms with Crippen molar-refractivity contribution in [3.8, 4) is 22.7 Å². The zero-order valence-corrected chi connectivity index (χ0v) is 24.5. The molecule has 2 aliphatic heterocycles. The minimum Gasteiger partial charge on any atom is -0.489 e. The molecule has 2 atom stereocenters. The highest BCUT2D eigenvalue weighted by atomic mass is 35.5. The van der Waals surface area contributed by atoms with Gasteiger partial charge in [-0.25, -0.2) is 18.7 Å². The third-order valence-electron chi connectivity index (χ3n) is 7.89. The van der Waals surface area contributed by atoms with E-state index in [1.54, 1.807) is 29.3 Å². The molecule has 1 saturated heterocycles. The largest absolute Gasteiger partial charge is 0.489 e. The Hall–Kier alpha value is -4.31. The maximum atomic E-state index is 15.2. The van der Waals surface area contributed by atoms with Crippen molar-refractivity contribution in [3.63, 3.8) is 0 Å². The van der Waals surface area contributed by atoms with Gasteiger partial charge in [-0.1, -0.05) is 44.2 Å². The summed E-state index contributed by atoms with van der Waals surface area (Å²) in [5.74, 6) is -0.103. The number of piperazine rings is 1. The standard InChI is InChI=1S/C31H30ClFN6O3/c1-6-22(40)37-13-18(5)38-19(14-37)15-42-28-23-29(35-26(24(28)32)20-9-7-8-10-21(20)33)39(31(41)36-30(23)38)27-17(4)11-12-34-25(27)16(2)3/h6-12,16,18-19H,1,13-15H2,2-5H3/t18-,19-/m1/s1. The number of halogens is 2. The molecule has 9 nitrogen and oxygen atoms in total. The molecule has 6 rings (SSSR count). The number of aryl methyl sites for hydroxylation is 1. The molecule has 0 unspecified atom stereocenters. The van der Waals surface area contributed by atoms with Gasteiger partial charge in [-0.3, -0.25) is 9.78 Å². The number of rotatable bonds is 4. The van der Waals surface area contributed by atoms with Gasteiger partial charge in [-0.15, -0.1) is 0 Å². The van der Waals surface area contributed by atoms with Crippen molar-refractivity contribution in [3.05, 3.63) is 81.8 Å². The van der Waals surface area contributed by atoms with E-state index in [4.69, 9.17) is 21.3 Å². The number of amides is 1. The van der Waals surface area contributed by atoms with Crippen LogP contribution in [0.15, 0.2) is 54.0 Å². The van der Waals surface area contributed by atoms with Crippen molar-refractivity contribution in [1.82, 2.24) is 24.4 Å². The molecule has 5 heterocycles. The molecule has 4 aromatic rings. The van der Waals surface area contributed by atoms with Gasteiger partial charge in [-0.05, 0) is 49.6 Å². The Balaban J connectivity index is 1.72. The van der Waals surface area contributed by atoms with E-state index >= 15 is 4.39 Å². The summed E-state index contributed by atoms with van der Waals surface area (Å²) >= 11 is 6.98. The molecule has 11 heteroatoms. The minimum atomic E-state index is -0.562. The second-order valence-electron chi connectivity index (χ2n) is 11.0. The van der Waals surface area contributed by atoms with Crippen molar-refractivity contribution >= 4 is 34.4 Å². The monoisotopic (exact) mass is 588 g/mol. The molecule has 2 aliphatic rings. The maximum absolute atomic E-state index is 15.2. The first-order chi connectivity index (χ1) is 20.1. The number of hydrogen-bond donors (Lipinski definition) is 0. The first-order valence-corrected chi connectivity index (χ1v) is 14.2. The highest BCUT2D eigenvalue weighted by molar-refractivity contribution is 6.36. The molecule has 0 N–H and O–H groups in total. The van der Waals surface area contributed by atoms with Crippen molar-refractivity contribution < 1.29 is 13.9 Å². The van der Waals surface area contributed by atoms with Crippen molar-refractivity contribution in [2.45, 2.75) is 45.7 Å². The maximum Gasteiger partial charge on any atom is 0.355 e. The van der Waals surface area contributed by atoms with Crippen LogP contribution in [0.2, 0.25) is 5.02 Å². The fraction of sp³-hybridized carbons (Fsp3) is 0.323. The molecular weight excluding hydrogens is 559 g/mol. The van der Waals surface area contributed by atoms with Gasteiger partial charge in [0, 0.05) is 30.9 Å². The van der Waals surface area contributed by atoms with Crippen LogP contribution in [-0.2, 0) is 4.79 Å². The van der Waals surface area contributed by atoms with E-state index < -0.39 is 11.5 Å². The van der Waals surface area contributed by atoms with Crippen LogP contribution in [0.25, 0.3) is 28.0 Å². The lowest BCUT2D eigenvalue weighted by Gasteiger charge is -2.45. The summed E-state index contributed by atoms with van der Waals surface area (Å²) in [5, 5.41) is 0.551. The van der Waals surface area contributed by atoms with E-state index in [2.05, 4.69) is 16.5 Å². The van der Waals surface area contributed by atoms with Crippen molar-refractivity contribution in [1.29, 1.82) is 0 Å². The second kappa shape index (κ2) is 10.5. The van der Waals surface area contributed by atoms with Gasteiger partial charge in [0.2, 0.25) is 5.91 Å². The molecule has 3 aromatic heterocycles. The third-order valence-corrected chi connectivity index (χ3v) is 8.24. The number of carbonyl (C=O) groups is 1. The van der Waals surface area contributed by atoms with Crippen LogP contribution in [0, 0.1) is 12.7 Å². The Morgan fingerprint density at radius 3 is 2.69 bits per heavy atom. The first-order valence-electron chi connectivity index (χ1n) is 13.8. The molecule has 216 valence electrons. The first kappa shape index (κ1) is 27.8. The lowest BCUT2D eigenvalue weighted by atomic mass is 10.0. The summed E-state index contributed by atoms with van der Waals surface area (Å²) in [6.07, 6.45) is 2.99. The molecule has 0 bridgehead atoms. The Morgan fingerprint density at radius 1 is 1.21 bits per heavy atom. The molecule has 0 radical (unpaired) electrons. The molecule has 1 aromatic carbocycles. The molecule has 0 spiro atoms. The summed E-state index contributed by atoms with van der Waals surface area (Å²) < 4.78 is 23.0. The minimum absolute atomic E-state index is 0.0221. The van der Waals surface area contributed by atoms with Crippen LogP contribution in [0.4, 0.5) is 10.2 Å². The normalized spacial score (nSPS) is 18.1. The summed E-state index contributed by atoms with van der Waals surface area (Å²) in [5.41, 5.74) is 2.05. The zero-order valence-electron chi connectivity index (χ0n) is 23.8. The number of fused-ring (bicyclic) bond motifs is 2. The van der Waals surface area contributed by atoms with E-state index in [1.165, 1.54) is 16.7 Å². The molecule has 0 saturated carbocycles. The highest BCUT2D eigenvalue weighted by Crippen LogP contribution is 2.46. The lowest BCUT2D eigenvalue weighted by Crippen LogP contribution is -2.61. The average molecular weight is 589 g/mol. The summed E-state index contributed by atoms with van der Waals surface area (Å²) in [6, 6.07) is 7.46. The van der Waals surface area contributed by atoms with Gasteiger partial charge in [0.05, 0.1) is 23.1 Å². The molecule has 1 fully saturated rings. The van der Waals surface area contributed by atoms with Crippen molar-refractivity contribution in [2.75, 3.05) is 24.6 Å². The van der Waals surface area contributed by atoms with E-state index in [0.29, 0.717) is 35.7 Å². The summed E-state index contributed by atoms with van der Waals surface area (Å²) in [4.78, 5) is 44.5.